The Morgan fingerprint density at radius 3 is 2.20 bits per heavy atom. The molecule has 0 radical (unpaired) electrons. The van der Waals surface area contributed by atoms with Gasteiger partial charge in [0.15, 0.2) is 0 Å². The minimum absolute atomic E-state index is 0.0665. The second-order valence-corrected chi connectivity index (χ2v) is 6.27. The molecule has 0 aliphatic rings. The summed E-state index contributed by atoms with van der Waals surface area (Å²) in [6.07, 6.45) is 0.716. The minimum atomic E-state index is -0.211. The number of benzene rings is 2. The average molecular weight is 271 g/mol. The van der Waals surface area contributed by atoms with E-state index in [1.165, 1.54) is 23.3 Å². The monoisotopic (exact) mass is 271 g/mol. The van der Waals surface area contributed by atoms with Crippen LogP contribution in [0.25, 0.3) is 0 Å². The van der Waals surface area contributed by atoms with E-state index in [1.54, 1.807) is 12.1 Å². The Labute approximate surface area is 120 Å². The van der Waals surface area contributed by atoms with Crippen molar-refractivity contribution < 1.29 is 4.39 Å². The Balaban J connectivity index is 2.25. The molecule has 0 fully saturated rings. The van der Waals surface area contributed by atoms with Crippen molar-refractivity contribution in [3.8, 4) is 0 Å². The fraction of sp³-hybridized carbons (Fsp3) is 0.333. The fourth-order valence-corrected chi connectivity index (χ4v) is 2.49. The van der Waals surface area contributed by atoms with Gasteiger partial charge in [0.2, 0.25) is 0 Å². The summed E-state index contributed by atoms with van der Waals surface area (Å²) in [4.78, 5) is 0. The van der Waals surface area contributed by atoms with Crippen molar-refractivity contribution in [2.75, 3.05) is 0 Å². The van der Waals surface area contributed by atoms with Gasteiger partial charge in [-0.15, -0.1) is 0 Å². The molecule has 2 aromatic rings. The summed E-state index contributed by atoms with van der Waals surface area (Å²) in [7, 11) is 0. The van der Waals surface area contributed by atoms with E-state index < -0.39 is 0 Å². The third-order valence-corrected chi connectivity index (χ3v) is 3.54. The van der Waals surface area contributed by atoms with E-state index in [2.05, 4.69) is 39.0 Å². The molecular weight excluding hydrogens is 249 g/mol. The minimum Gasteiger partial charge on any atom is -0.324 e. The lowest BCUT2D eigenvalue weighted by Gasteiger charge is -2.26. The van der Waals surface area contributed by atoms with Crippen LogP contribution in [0.5, 0.6) is 0 Å². The highest BCUT2D eigenvalue weighted by atomic mass is 19.1. The summed E-state index contributed by atoms with van der Waals surface area (Å²) in [6, 6.07) is 14.8. The van der Waals surface area contributed by atoms with Crippen molar-refractivity contribution in [2.24, 2.45) is 5.73 Å². The number of hydrogen-bond donors (Lipinski definition) is 1. The fourth-order valence-electron chi connectivity index (χ4n) is 2.49. The average Bonchev–Trinajstić information content (AvgIpc) is 2.40. The van der Waals surface area contributed by atoms with Crippen LogP contribution < -0.4 is 5.73 Å². The lowest BCUT2D eigenvalue weighted by molar-refractivity contribution is 0.568. The zero-order valence-corrected chi connectivity index (χ0v) is 12.4. The Kier molecular flexibility index (Phi) is 4.24. The van der Waals surface area contributed by atoms with E-state index in [4.69, 9.17) is 5.73 Å². The first-order chi connectivity index (χ1) is 9.38. The van der Waals surface area contributed by atoms with Crippen LogP contribution in [0.3, 0.4) is 0 Å². The lowest BCUT2D eigenvalue weighted by Crippen LogP contribution is -2.21. The first-order valence-electron chi connectivity index (χ1n) is 6.97. The molecule has 20 heavy (non-hydrogen) atoms. The molecule has 0 saturated heterocycles. The third-order valence-electron chi connectivity index (χ3n) is 3.54. The van der Waals surface area contributed by atoms with Gasteiger partial charge in [-0.2, -0.15) is 0 Å². The molecule has 2 rings (SSSR count). The van der Waals surface area contributed by atoms with Crippen LogP contribution in [-0.4, -0.2) is 0 Å². The van der Waals surface area contributed by atoms with Crippen LogP contribution in [-0.2, 0) is 11.8 Å². The Morgan fingerprint density at radius 1 is 1.00 bits per heavy atom. The van der Waals surface area contributed by atoms with Gasteiger partial charge in [-0.05, 0) is 40.7 Å². The first kappa shape index (κ1) is 14.7. The summed E-state index contributed by atoms with van der Waals surface area (Å²) in [5.41, 5.74) is 9.94. The second-order valence-electron chi connectivity index (χ2n) is 6.27. The molecule has 1 unspecified atom stereocenters. The van der Waals surface area contributed by atoms with Crippen molar-refractivity contribution in [1.29, 1.82) is 0 Å². The molecule has 0 aliphatic carbocycles. The summed E-state index contributed by atoms with van der Waals surface area (Å²) >= 11 is 0. The van der Waals surface area contributed by atoms with Gasteiger partial charge < -0.3 is 5.73 Å². The standard InChI is InChI=1S/C18H22FN/c1-18(2,3)16-7-5-4-6-15(16)17(20)12-13-8-10-14(19)11-9-13/h4-11,17H,12,20H2,1-3H3. The highest BCUT2D eigenvalue weighted by Gasteiger charge is 2.20. The summed E-state index contributed by atoms with van der Waals surface area (Å²) < 4.78 is 12.9. The van der Waals surface area contributed by atoms with Crippen LogP contribution in [0.1, 0.15) is 43.5 Å². The molecule has 106 valence electrons. The molecule has 2 N–H and O–H groups in total. The van der Waals surface area contributed by atoms with Crippen molar-refractivity contribution in [3.63, 3.8) is 0 Å². The molecule has 0 aliphatic heterocycles. The van der Waals surface area contributed by atoms with Crippen LogP contribution in [0, 0.1) is 5.82 Å². The third kappa shape index (κ3) is 3.45. The molecule has 1 atom stereocenters. The SMILES string of the molecule is CC(C)(C)c1ccccc1C(N)Cc1ccc(F)cc1. The highest BCUT2D eigenvalue weighted by Crippen LogP contribution is 2.30. The van der Waals surface area contributed by atoms with E-state index in [0.717, 1.165) is 5.56 Å². The second kappa shape index (κ2) is 5.76. The van der Waals surface area contributed by atoms with Crippen LogP contribution in [0.15, 0.2) is 48.5 Å². The van der Waals surface area contributed by atoms with Crippen molar-refractivity contribution in [2.45, 2.75) is 38.6 Å². The van der Waals surface area contributed by atoms with Gasteiger partial charge in [-0.1, -0.05) is 57.2 Å². The first-order valence-corrected chi connectivity index (χ1v) is 6.97. The van der Waals surface area contributed by atoms with Gasteiger partial charge in [0.25, 0.3) is 0 Å². The van der Waals surface area contributed by atoms with Crippen LogP contribution in [0.4, 0.5) is 4.39 Å². The maximum absolute atomic E-state index is 12.9. The highest BCUT2D eigenvalue weighted by molar-refractivity contribution is 5.36. The smallest absolute Gasteiger partial charge is 0.123 e. The molecule has 0 aromatic heterocycles. The van der Waals surface area contributed by atoms with Crippen molar-refractivity contribution in [3.05, 3.63) is 71.0 Å². The predicted molar refractivity (Wildman–Crippen MR) is 82.2 cm³/mol. The topological polar surface area (TPSA) is 26.0 Å². The van der Waals surface area contributed by atoms with Gasteiger partial charge in [-0.25, -0.2) is 4.39 Å². The molecule has 1 nitrogen and oxygen atoms in total. The predicted octanol–water partition coefficient (Wildman–Crippen LogP) is 4.37. The molecule has 0 saturated carbocycles. The van der Waals surface area contributed by atoms with E-state index in [9.17, 15) is 4.39 Å². The number of nitrogens with two attached hydrogens (primary N) is 1. The summed E-state index contributed by atoms with van der Waals surface area (Å²) in [5.74, 6) is -0.211. The summed E-state index contributed by atoms with van der Waals surface area (Å²) in [6.45, 7) is 6.57. The van der Waals surface area contributed by atoms with E-state index in [-0.39, 0.29) is 17.3 Å². The summed E-state index contributed by atoms with van der Waals surface area (Å²) in [5, 5.41) is 0. The number of hydrogen-bond acceptors (Lipinski definition) is 1. The molecule has 0 amide bonds. The van der Waals surface area contributed by atoms with Gasteiger partial charge in [0.1, 0.15) is 5.82 Å². The van der Waals surface area contributed by atoms with E-state index in [1.807, 2.05) is 6.07 Å². The number of rotatable bonds is 3. The Morgan fingerprint density at radius 2 is 1.60 bits per heavy atom. The van der Waals surface area contributed by atoms with Crippen molar-refractivity contribution in [1.82, 2.24) is 0 Å². The number of halogens is 1. The van der Waals surface area contributed by atoms with Crippen LogP contribution in [0.2, 0.25) is 0 Å². The zero-order valence-electron chi connectivity index (χ0n) is 12.4. The molecule has 2 heteroatoms. The van der Waals surface area contributed by atoms with Gasteiger partial charge in [0, 0.05) is 6.04 Å². The van der Waals surface area contributed by atoms with E-state index in [0.29, 0.717) is 6.42 Å². The van der Waals surface area contributed by atoms with E-state index >= 15 is 0 Å². The van der Waals surface area contributed by atoms with Crippen LogP contribution >= 0.6 is 0 Å². The Hall–Kier alpha value is -1.67. The van der Waals surface area contributed by atoms with Crippen molar-refractivity contribution >= 4 is 0 Å². The molecule has 2 aromatic carbocycles. The van der Waals surface area contributed by atoms with Gasteiger partial charge in [-0.3, -0.25) is 0 Å². The maximum Gasteiger partial charge on any atom is 0.123 e. The molecular formula is C18H22FN. The largest absolute Gasteiger partial charge is 0.324 e. The zero-order chi connectivity index (χ0) is 14.8. The molecule has 0 bridgehead atoms. The van der Waals surface area contributed by atoms with Gasteiger partial charge >= 0.3 is 0 Å². The Bertz CT molecular complexity index is 567. The quantitative estimate of drug-likeness (QED) is 0.881. The molecule has 0 heterocycles. The lowest BCUT2D eigenvalue weighted by atomic mass is 9.81. The molecule has 0 spiro atoms. The normalized spacial score (nSPS) is 13.2. The van der Waals surface area contributed by atoms with Gasteiger partial charge in [0.05, 0.1) is 0 Å². The maximum atomic E-state index is 12.9.